The smallest absolute Gasteiger partial charge is 0.193 e. The maximum absolute atomic E-state index is 12.4. The molecule has 12 heavy (non-hydrogen) atoms. The molecule has 0 aliphatic heterocycles. The molecule has 0 saturated heterocycles. The Balaban J connectivity index is 3.09. The molecule has 64 valence electrons. The number of carbonyl (C=O) groups is 1. The summed E-state index contributed by atoms with van der Waals surface area (Å²) in [4.78, 5) is 14.6. The van der Waals surface area contributed by atoms with Crippen molar-refractivity contribution in [2.24, 2.45) is 0 Å². The Bertz CT molecular complexity index is 318. The van der Waals surface area contributed by atoms with Crippen molar-refractivity contribution in [2.75, 3.05) is 5.33 Å². The minimum atomic E-state index is -0.550. The molecule has 0 spiro atoms. The van der Waals surface area contributed by atoms with E-state index in [1.54, 1.807) is 0 Å². The van der Waals surface area contributed by atoms with Crippen LogP contribution in [0.5, 0.6) is 0 Å². The Labute approximate surface area is 81.9 Å². The lowest BCUT2D eigenvalue weighted by Gasteiger charge is -1.98. The van der Waals surface area contributed by atoms with Crippen LogP contribution in [0.1, 0.15) is 10.5 Å². The van der Waals surface area contributed by atoms with Gasteiger partial charge >= 0.3 is 0 Å². The molecular formula is C7H4BrClFNO. The van der Waals surface area contributed by atoms with Crippen LogP contribution >= 0.6 is 27.5 Å². The first-order valence-electron chi connectivity index (χ1n) is 3.05. The summed E-state index contributed by atoms with van der Waals surface area (Å²) >= 11 is 8.52. The van der Waals surface area contributed by atoms with E-state index >= 15 is 0 Å². The van der Waals surface area contributed by atoms with Crippen LogP contribution < -0.4 is 0 Å². The van der Waals surface area contributed by atoms with E-state index in [4.69, 9.17) is 11.6 Å². The van der Waals surface area contributed by atoms with Crippen molar-refractivity contribution < 1.29 is 9.18 Å². The summed E-state index contributed by atoms with van der Waals surface area (Å²) in [6.45, 7) is 0. The number of rotatable bonds is 2. The number of Topliss-reactive ketones (excluding diaryl/α,β-unsaturated/α-hetero) is 1. The molecule has 0 amide bonds. The molecule has 0 N–H and O–H groups in total. The third kappa shape index (κ3) is 2.01. The Morgan fingerprint density at radius 1 is 1.75 bits per heavy atom. The second-order valence-electron chi connectivity index (χ2n) is 2.04. The van der Waals surface area contributed by atoms with Crippen molar-refractivity contribution in [1.29, 1.82) is 0 Å². The van der Waals surface area contributed by atoms with E-state index < -0.39 is 5.82 Å². The summed E-state index contributed by atoms with van der Waals surface area (Å²) in [5.41, 5.74) is 0.0925. The molecule has 0 aliphatic carbocycles. The van der Waals surface area contributed by atoms with Gasteiger partial charge in [-0.2, -0.15) is 0 Å². The molecule has 0 unspecified atom stereocenters. The highest BCUT2D eigenvalue weighted by Crippen LogP contribution is 2.15. The number of carbonyl (C=O) groups excluding carboxylic acids is 1. The summed E-state index contributed by atoms with van der Waals surface area (Å²) < 4.78 is 12.4. The Morgan fingerprint density at radius 2 is 2.42 bits per heavy atom. The molecule has 0 fully saturated rings. The van der Waals surface area contributed by atoms with Gasteiger partial charge in [-0.1, -0.05) is 27.5 Å². The molecule has 0 aromatic carbocycles. The molecule has 1 rings (SSSR count). The SMILES string of the molecule is O=C(CBr)c1ncc(F)cc1Cl. The Kier molecular flexibility index (Phi) is 3.17. The lowest BCUT2D eigenvalue weighted by atomic mass is 10.3. The van der Waals surface area contributed by atoms with Crippen LogP contribution in [0.2, 0.25) is 5.02 Å². The molecule has 2 nitrogen and oxygen atoms in total. The lowest BCUT2D eigenvalue weighted by molar-refractivity contribution is 0.101. The largest absolute Gasteiger partial charge is 0.291 e. The lowest BCUT2D eigenvalue weighted by Crippen LogP contribution is -2.04. The van der Waals surface area contributed by atoms with Crippen molar-refractivity contribution in [1.82, 2.24) is 4.98 Å². The number of nitrogens with zero attached hydrogens (tertiary/aromatic N) is 1. The number of pyridine rings is 1. The molecule has 5 heteroatoms. The third-order valence-corrected chi connectivity index (χ3v) is 1.99. The second-order valence-corrected chi connectivity index (χ2v) is 3.01. The van der Waals surface area contributed by atoms with Gasteiger partial charge in [0.25, 0.3) is 0 Å². The second kappa shape index (κ2) is 3.96. The number of halogens is 3. The first kappa shape index (κ1) is 9.61. The molecule has 0 aliphatic rings. The fourth-order valence-corrected chi connectivity index (χ4v) is 1.21. The summed E-state index contributed by atoms with van der Waals surface area (Å²) in [7, 11) is 0. The van der Waals surface area contributed by atoms with Gasteiger partial charge in [-0.3, -0.25) is 4.79 Å². The molecular weight excluding hydrogens is 248 g/mol. The Morgan fingerprint density at radius 3 is 2.92 bits per heavy atom. The first-order valence-corrected chi connectivity index (χ1v) is 4.55. The zero-order valence-corrected chi connectivity index (χ0v) is 8.19. The van der Waals surface area contributed by atoms with Crippen LogP contribution in [0.25, 0.3) is 0 Å². The van der Waals surface area contributed by atoms with Gasteiger partial charge in [0, 0.05) is 0 Å². The maximum atomic E-state index is 12.4. The fraction of sp³-hybridized carbons (Fsp3) is 0.143. The number of hydrogen-bond donors (Lipinski definition) is 0. The number of hydrogen-bond acceptors (Lipinski definition) is 2. The van der Waals surface area contributed by atoms with E-state index in [0.717, 1.165) is 12.3 Å². The van der Waals surface area contributed by atoms with E-state index in [9.17, 15) is 9.18 Å². The normalized spacial score (nSPS) is 9.92. The highest BCUT2D eigenvalue weighted by atomic mass is 79.9. The zero-order chi connectivity index (χ0) is 9.14. The van der Waals surface area contributed by atoms with Crippen LogP contribution in [-0.2, 0) is 0 Å². The summed E-state index contributed by atoms with van der Waals surface area (Å²) in [6.07, 6.45) is 0.960. The number of alkyl halides is 1. The van der Waals surface area contributed by atoms with Crippen LogP contribution in [0.4, 0.5) is 4.39 Å². The first-order chi connectivity index (χ1) is 5.65. The van der Waals surface area contributed by atoms with Crippen LogP contribution in [0, 0.1) is 5.82 Å². The van der Waals surface area contributed by atoms with Crippen LogP contribution in [-0.4, -0.2) is 16.1 Å². The fourth-order valence-electron chi connectivity index (χ4n) is 0.683. The maximum Gasteiger partial charge on any atom is 0.193 e. The predicted octanol–water partition coefficient (Wildman–Crippen LogP) is 2.45. The van der Waals surface area contributed by atoms with Gasteiger partial charge in [0.15, 0.2) is 5.78 Å². The highest BCUT2D eigenvalue weighted by molar-refractivity contribution is 9.09. The Hall–Kier alpha value is -0.480. The van der Waals surface area contributed by atoms with E-state index in [0.29, 0.717) is 0 Å². The molecule has 0 saturated carbocycles. The molecule has 0 atom stereocenters. The predicted molar refractivity (Wildman–Crippen MR) is 47.3 cm³/mol. The number of aromatic nitrogens is 1. The molecule has 1 aromatic rings. The summed E-state index contributed by atoms with van der Waals surface area (Å²) in [6, 6.07) is 1.06. The van der Waals surface area contributed by atoms with Crippen molar-refractivity contribution in [3.63, 3.8) is 0 Å². The van der Waals surface area contributed by atoms with Crippen molar-refractivity contribution in [3.8, 4) is 0 Å². The number of ketones is 1. The van der Waals surface area contributed by atoms with E-state index in [-0.39, 0.29) is 21.8 Å². The van der Waals surface area contributed by atoms with Crippen molar-refractivity contribution in [3.05, 3.63) is 28.8 Å². The molecule has 0 radical (unpaired) electrons. The molecule has 0 bridgehead atoms. The van der Waals surface area contributed by atoms with Gasteiger partial charge in [0.2, 0.25) is 0 Å². The minimum absolute atomic E-state index is 0.0412. The van der Waals surface area contributed by atoms with Gasteiger partial charge in [-0.15, -0.1) is 0 Å². The molecule has 1 aromatic heterocycles. The van der Waals surface area contributed by atoms with Gasteiger partial charge in [0.05, 0.1) is 16.5 Å². The van der Waals surface area contributed by atoms with E-state index in [1.807, 2.05) is 0 Å². The average Bonchev–Trinajstić information content (AvgIpc) is 2.03. The van der Waals surface area contributed by atoms with Gasteiger partial charge in [-0.05, 0) is 6.07 Å². The highest BCUT2D eigenvalue weighted by Gasteiger charge is 2.10. The van der Waals surface area contributed by atoms with Gasteiger partial charge in [-0.25, -0.2) is 9.37 Å². The van der Waals surface area contributed by atoms with Gasteiger partial charge in [0.1, 0.15) is 11.5 Å². The van der Waals surface area contributed by atoms with Crippen molar-refractivity contribution in [2.45, 2.75) is 0 Å². The van der Waals surface area contributed by atoms with Crippen LogP contribution in [0.15, 0.2) is 12.3 Å². The van der Waals surface area contributed by atoms with Gasteiger partial charge < -0.3 is 0 Å². The monoisotopic (exact) mass is 251 g/mol. The zero-order valence-electron chi connectivity index (χ0n) is 5.85. The topological polar surface area (TPSA) is 30.0 Å². The quantitative estimate of drug-likeness (QED) is 0.598. The molecule has 1 heterocycles. The van der Waals surface area contributed by atoms with E-state index in [1.165, 1.54) is 0 Å². The van der Waals surface area contributed by atoms with E-state index in [2.05, 4.69) is 20.9 Å². The third-order valence-electron chi connectivity index (χ3n) is 1.19. The van der Waals surface area contributed by atoms with Crippen molar-refractivity contribution >= 4 is 33.3 Å². The summed E-state index contributed by atoms with van der Waals surface area (Å²) in [5.74, 6) is -0.814. The van der Waals surface area contributed by atoms with Crippen LogP contribution in [0.3, 0.4) is 0 Å². The minimum Gasteiger partial charge on any atom is -0.291 e. The average molecular weight is 252 g/mol. The summed E-state index contributed by atoms with van der Waals surface area (Å²) in [5, 5.41) is 0.171. The standard InChI is InChI=1S/C7H4BrClFNO/c8-2-6(12)7-5(9)1-4(10)3-11-7/h1,3H,2H2.